The standard InChI is InChI=1S/C17H22N2O2/c1-12(2)19(11-16-9-4-13(3)21-16)17(20)10-14-5-7-15(18)8-6-14/h4-9,12H,10-11,18H2,1-3H3. The third-order valence-electron chi connectivity index (χ3n) is 3.40. The number of anilines is 1. The van der Waals surface area contributed by atoms with Crippen molar-refractivity contribution in [2.24, 2.45) is 0 Å². The van der Waals surface area contributed by atoms with Gasteiger partial charge in [-0.2, -0.15) is 0 Å². The van der Waals surface area contributed by atoms with Crippen LogP contribution in [0.25, 0.3) is 0 Å². The van der Waals surface area contributed by atoms with E-state index in [-0.39, 0.29) is 11.9 Å². The Labute approximate surface area is 125 Å². The molecule has 2 aromatic rings. The van der Waals surface area contributed by atoms with Gasteiger partial charge in [-0.1, -0.05) is 12.1 Å². The van der Waals surface area contributed by atoms with Gasteiger partial charge < -0.3 is 15.1 Å². The van der Waals surface area contributed by atoms with Gasteiger partial charge in [-0.05, 0) is 50.6 Å². The first-order chi connectivity index (χ1) is 9.95. The fourth-order valence-electron chi connectivity index (χ4n) is 2.21. The highest BCUT2D eigenvalue weighted by Gasteiger charge is 2.19. The van der Waals surface area contributed by atoms with Crippen LogP contribution in [-0.4, -0.2) is 16.8 Å². The van der Waals surface area contributed by atoms with E-state index in [1.165, 1.54) is 0 Å². The van der Waals surface area contributed by atoms with Crippen LogP contribution in [0.2, 0.25) is 0 Å². The zero-order chi connectivity index (χ0) is 15.4. The fourth-order valence-corrected chi connectivity index (χ4v) is 2.21. The largest absolute Gasteiger partial charge is 0.464 e. The first kappa shape index (κ1) is 15.2. The van der Waals surface area contributed by atoms with Gasteiger partial charge >= 0.3 is 0 Å². The predicted octanol–water partition coefficient (Wildman–Crippen LogP) is 3.15. The topological polar surface area (TPSA) is 59.5 Å². The Bertz CT molecular complexity index is 600. The van der Waals surface area contributed by atoms with Crippen LogP contribution < -0.4 is 5.73 Å². The zero-order valence-corrected chi connectivity index (χ0v) is 12.8. The summed E-state index contributed by atoms with van der Waals surface area (Å²) in [5.74, 6) is 1.76. The molecular weight excluding hydrogens is 264 g/mol. The van der Waals surface area contributed by atoms with Gasteiger partial charge in [-0.3, -0.25) is 4.79 Å². The highest BCUT2D eigenvalue weighted by Crippen LogP contribution is 2.14. The number of amides is 1. The van der Waals surface area contributed by atoms with Gasteiger partial charge in [-0.25, -0.2) is 0 Å². The number of nitrogen functional groups attached to an aromatic ring is 1. The number of hydrogen-bond acceptors (Lipinski definition) is 3. The van der Waals surface area contributed by atoms with Crippen molar-refractivity contribution in [1.29, 1.82) is 0 Å². The summed E-state index contributed by atoms with van der Waals surface area (Å²) in [7, 11) is 0. The Morgan fingerprint density at radius 1 is 1.19 bits per heavy atom. The van der Waals surface area contributed by atoms with Gasteiger partial charge in [0.25, 0.3) is 0 Å². The van der Waals surface area contributed by atoms with Gasteiger partial charge in [0.1, 0.15) is 11.5 Å². The molecule has 0 aliphatic carbocycles. The lowest BCUT2D eigenvalue weighted by Gasteiger charge is -2.26. The van der Waals surface area contributed by atoms with Crippen LogP contribution in [0.5, 0.6) is 0 Å². The summed E-state index contributed by atoms with van der Waals surface area (Å²) < 4.78 is 5.57. The van der Waals surface area contributed by atoms with E-state index in [1.807, 2.05) is 62.1 Å². The monoisotopic (exact) mass is 286 g/mol. The van der Waals surface area contributed by atoms with Crippen molar-refractivity contribution in [3.63, 3.8) is 0 Å². The molecule has 0 aliphatic rings. The minimum Gasteiger partial charge on any atom is -0.464 e. The number of nitrogens with zero attached hydrogens (tertiary/aromatic N) is 1. The number of furan rings is 1. The average Bonchev–Trinajstić information content (AvgIpc) is 2.84. The van der Waals surface area contributed by atoms with E-state index in [2.05, 4.69) is 0 Å². The smallest absolute Gasteiger partial charge is 0.227 e. The summed E-state index contributed by atoms with van der Waals surface area (Å²) in [6.07, 6.45) is 0.373. The van der Waals surface area contributed by atoms with Crippen molar-refractivity contribution in [3.8, 4) is 0 Å². The lowest BCUT2D eigenvalue weighted by atomic mass is 10.1. The van der Waals surface area contributed by atoms with E-state index in [9.17, 15) is 4.79 Å². The highest BCUT2D eigenvalue weighted by atomic mass is 16.3. The molecule has 1 aromatic heterocycles. The zero-order valence-electron chi connectivity index (χ0n) is 12.8. The predicted molar refractivity (Wildman–Crippen MR) is 83.7 cm³/mol. The second-order valence-corrected chi connectivity index (χ2v) is 5.55. The molecule has 2 N–H and O–H groups in total. The minimum absolute atomic E-state index is 0.0869. The maximum absolute atomic E-state index is 12.5. The van der Waals surface area contributed by atoms with Crippen LogP contribution in [0.1, 0.15) is 30.9 Å². The van der Waals surface area contributed by atoms with Crippen LogP contribution in [0.4, 0.5) is 5.69 Å². The molecule has 1 aromatic carbocycles. The summed E-state index contributed by atoms with van der Waals surface area (Å²) in [4.78, 5) is 14.3. The number of benzene rings is 1. The molecule has 4 nitrogen and oxygen atoms in total. The quantitative estimate of drug-likeness (QED) is 0.859. The summed E-state index contributed by atoms with van der Waals surface area (Å²) in [6, 6.07) is 11.4. The molecule has 2 rings (SSSR count). The van der Waals surface area contributed by atoms with Gasteiger partial charge in [0.2, 0.25) is 5.91 Å². The molecule has 0 unspecified atom stereocenters. The summed E-state index contributed by atoms with van der Waals surface area (Å²) >= 11 is 0. The van der Waals surface area contributed by atoms with Gasteiger partial charge in [0, 0.05) is 11.7 Å². The van der Waals surface area contributed by atoms with E-state index in [0.29, 0.717) is 18.7 Å². The first-order valence-electron chi connectivity index (χ1n) is 7.15. The molecule has 4 heteroatoms. The number of aryl methyl sites for hydroxylation is 1. The number of carbonyl (C=O) groups is 1. The van der Waals surface area contributed by atoms with E-state index < -0.39 is 0 Å². The molecule has 112 valence electrons. The number of rotatable bonds is 5. The van der Waals surface area contributed by atoms with Crippen molar-refractivity contribution < 1.29 is 9.21 Å². The average molecular weight is 286 g/mol. The third-order valence-corrected chi connectivity index (χ3v) is 3.40. The Kier molecular flexibility index (Phi) is 4.68. The molecule has 1 heterocycles. The maximum atomic E-state index is 12.5. The third kappa shape index (κ3) is 4.12. The van der Waals surface area contributed by atoms with Crippen molar-refractivity contribution in [2.45, 2.75) is 39.8 Å². The molecule has 0 saturated carbocycles. The van der Waals surface area contributed by atoms with Gasteiger partial charge in [0.15, 0.2) is 0 Å². The summed E-state index contributed by atoms with van der Waals surface area (Å²) in [6.45, 7) is 6.42. The Hall–Kier alpha value is -2.23. The first-order valence-corrected chi connectivity index (χ1v) is 7.15. The van der Waals surface area contributed by atoms with Gasteiger partial charge in [0.05, 0.1) is 13.0 Å². The molecule has 1 amide bonds. The van der Waals surface area contributed by atoms with Gasteiger partial charge in [-0.15, -0.1) is 0 Å². The molecule has 0 fully saturated rings. The van der Waals surface area contributed by atoms with E-state index >= 15 is 0 Å². The van der Waals surface area contributed by atoms with Crippen LogP contribution in [0.3, 0.4) is 0 Å². The molecular formula is C17H22N2O2. The molecule has 0 bridgehead atoms. The Morgan fingerprint density at radius 3 is 2.38 bits per heavy atom. The Balaban J connectivity index is 2.06. The summed E-state index contributed by atoms with van der Waals surface area (Å²) in [5, 5.41) is 0. The molecule has 0 atom stereocenters. The fraction of sp³-hybridized carbons (Fsp3) is 0.353. The van der Waals surface area contributed by atoms with E-state index in [4.69, 9.17) is 10.2 Å². The SMILES string of the molecule is Cc1ccc(CN(C(=O)Cc2ccc(N)cc2)C(C)C)o1. The number of hydrogen-bond donors (Lipinski definition) is 1. The normalized spacial score (nSPS) is 10.9. The van der Waals surface area contributed by atoms with Crippen molar-refractivity contribution >= 4 is 11.6 Å². The van der Waals surface area contributed by atoms with Crippen molar-refractivity contribution in [3.05, 3.63) is 53.5 Å². The van der Waals surface area contributed by atoms with E-state index in [1.54, 1.807) is 0 Å². The second-order valence-electron chi connectivity index (χ2n) is 5.55. The van der Waals surface area contributed by atoms with Crippen molar-refractivity contribution in [1.82, 2.24) is 4.90 Å². The van der Waals surface area contributed by atoms with E-state index in [0.717, 1.165) is 17.1 Å². The number of nitrogens with two attached hydrogens (primary N) is 1. The summed E-state index contributed by atoms with van der Waals surface area (Å²) in [5.41, 5.74) is 7.34. The lowest BCUT2D eigenvalue weighted by Crippen LogP contribution is -2.37. The Morgan fingerprint density at radius 2 is 1.86 bits per heavy atom. The molecule has 0 saturated heterocycles. The highest BCUT2D eigenvalue weighted by molar-refractivity contribution is 5.79. The molecule has 0 spiro atoms. The molecule has 21 heavy (non-hydrogen) atoms. The maximum Gasteiger partial charge on any atom is 0.227 e. The molecule has 0 radical (unpaired) electrons. The van der Waals surface area contributed by atoms with Crippen LogP contribution in [-0.2, 0) is 17.8 Å². The lowest BCUT2D eigenvalue weighted by molar-refractivity contribution is -0.133. The minimum atomic E-state index is 0.0869. The molecule has 0 aliphatic heterocycles. The van der Waals surface area contributed by atoms with Crippen molar-refractivity contribution in [2.75, 3.05) is 5.73 Å². The second kappa shape index (κ2) is 6.48. The van der Waals surface area contributed by atoms with Crippen LogP contribution in [0.15, 0.2) is 40.8 Å². The number of carbonyl (C=O) groups excluding carboxylic acids is 1. The van der Waals surface area contributed by atoms with Crippen LogP contribution >= 0.6 is 0 Å². The van der Waals surface area contributed by atoms with Crippen LogP contribution in [0, 0.1) is 6.92 Å².